The van der Waals surface area contributed by atoms with E-state index in [1.807, 2.05) is 0 Å². The normalized spacial score (nSPS) is 18.9. The lowest BCUT2D eigenvalue weighted by Crippen LogP contribution is -2.39. The minimum atomic E-state index is -3.87. The van der Waals surface area contributed by atoms with Gasteiger partial charge in [0.05, 0.1) is 6.04 Å². The quantitative estimate of drug-likeness (QED) is 0.862. The summed E-state index contributed by atoms with van der Waals surface area (Å²) in [5.41, 5.74) is -0.655. The molecule has 7 heteroatoms. The summed E-state index contributed by atoms with van der Waals surface area (Å²) in [5, 5.41) is 1.27. The highest BCUT2D eigenvalue weighted by molar-refractivity contribution is 7.94. The van der Waals surface area contributed by atoms with Crippen molar-refractivity contribution in [1.82, 2.24) is 5.32 Å². The summed E-state index contributed by atoms with van der Waals surface area (Å²) in [6.07, 6.45) is 2.71. The summed E-state index contributed by atoms with van der Waals surface area (Å²) in [6, 6.07) is -0.649. The third-order valence-electron chi connectivity index (χ3n) is 2.48. The van der Waals surface area contributed by atoms with Gasteiger partial charge >= 0.3 is 6.09 Å². The molecule has 1 N–H and O–H groups in total. The second-order valence-electron chi connectivity index (χ2n) is 5.75. The Kier molecular flexibility index (Phi) is 4.60. The predicted molar refractivity (Wildman–Crippen MR) is 69.9 cm³/mol. The van der Waals surface area contributed by atoms with Gasteiger partial charge in [0.1, 0.15) is 5.60 Å². The number of alkyl carbamates (subject to hydrolysis) is 1. The Morgan fingerprint density at radius 2 is 1.95 bits per heavy atom. The molecule has 0 aromatic carbocycles. The van der Waals surface area contributed by atoms with Crippen LogP contribution in [0.2, 0.25) is 0 Å². The molecular formula is C12H20FNO4S. The Labute approximate surface area is 113 Å². The van der Waals surface area contributed by atoms with Crippen molar-refractivity contribution in [3.05, 3.63) is 11.2 Å². The summed E-state index contributed by atoms with van der Waals surface area (Å²) in [7, 11) is -3.87. The lowest BCUT2D eigenvalue weighted by Gasteiger charge is -2.22. The van der Waals surface area contributed by atoms with E-state index in [0.717, 1.165) is 25.2 Å². The summed E-state index contributed by atoms with van der Waals surface area (Å²) in [6.45, 7) is 5.14. The Bertz CT molecular complexity index is 474. The van der Waals surface area contributed by atoms with Gasteiger partial charge in [0.25, 0.3) is 0 Å². The van der Waals surface area contributed by atoms with Gasteiger partial charge in [-0.15, -0.1) is 0 Å². The molecular weight excluding hydrogens is 273 g/mol. The van der Waals surface area contributed by atoms with E-state index in [1.165, 1.54) is 0 Å². The number of carbonyl (C=O) groups is 1. The first-order chi connectivity index (χ1) is 8.49. The Hall–Kier alpha value is -1.11. The average molecular weight is 293 g/mol. The maximum atomic E-state index is 13.4. The van der Waals surface area contributed by atoms with Crippen molar-refractivity contribution in [2.24, 2.45) is 5.92 Å². The molecule has 1 fully saturated rings. The highest BCUT2D eigenvalue weighted by atomic mass is 32.2. The summed E-state index contributed by atoms with van der Waals surface area (Å²) < 4.78 is 40.6. The van der Waals surface area contributed by atoms with Crippen molar-refractivity contribution in [2.45, 2.75) is 45.3 Å². The van der Waals surface area contributed by atoms with Crippen LogP contribution in [0.1, 0.15) is 33.6 Å². The Balaban J connectivity index is 2.72. The van der Waals surface area contributed by atoms with Crippen LogP contribution in [0.4, 0.5) is 9.18 Å². The van der Waals surface area contributed by atoms with E-state index >= 15 is 0 Å². The number of amides is 1. The first-order valence-corrected chi connectivity index (χ1v) is 7.95. The molecule has 1 rings (SSSR count). The van der Waals surface area contributed by atoms with E-state index in [9.17, 15) is 17.6 Å². The molecule has 0 aromatic heterocycles. The van der Waals surface area contributed by atoms with Gasteiger partial charge in [0, 0.05) is 6.26 Å². The lowest BCUT2D eigenvalue weighted by atomic mass is 10.2. The minimum Gasteiger partial charge on any atom is -0.444 e. The van der Waals surface area contributed by atoms with Gasteiger partial charge in [0.15, 0.2) is 0 Å². The summed E-state index contributed by atoms with van der Waals surface area (Å²) in [5.74, 6) is 0.0695. The third kappa shape index (κ3) is 6.04. The molecule has 1 aliphatic carbocycles. The van der Waals surface area contributed by atoms with Crippen LogP contribution in [0.15, 0.2) is 11.2 Å². The fourth-order valence-corrected chi connectivity index (χ4v) is 1.85. The van der Waals surface area contributed by atoms with Crippen LogP contribution in [0, 0.1) is 5.92 Å². The Morgan fingerprint density at radius 3 is 2.32 bits per heavy atom. The molecule has 19 heavy (non-hydrogen) atoms. The molecule has 1 aliphatic rings. The smallest absolute Gasteiger partial charge is 0.408 e. The second kappa shape index (κ2) is 5.48. The first-order valence-electron chi connectivity index (χ1n) is 6.06. The highest BCUT2D eigenvalue weighted by Crippen LogP contribution is 2.34. The molecule has 0 unspecified atom stereocenters. The molecule has 0 saturated heterocycles. The van der Waals surface area contributed by atoms with Gasteiger partial charge in [-0.05, 0) is 45.6 Å². The van der Waals surface area contributed by atoms with E-state index < -0.39 is 32.7 Å². The van der Waals surface area contributed by atoms with E-state index in [1.54, 1.807) is 20.8 Å². The van der Waals surface area contributed by atoms with Crippen LogP contribution < -0.4 is 5.32 Å². The zero-order valence-corrected chi connectivity index (χ0v) is 12.4. The number of carbonyl (C=O) groups excluding carboxylic acids is 1. The second-order valence-corrected chi connectivity index (χ2v) is 7.69. The molecule has 0 spiro atoms. The average Bonchev–Trinajstić information content (AvgIpc) is 2.94. The standard InChI is InChI=1S/C12H20FNO4S/c1-12(2,3)18-11(15)14-9(8-5-6-8)7-10(13)19(4,16)17/h7-9H,5-6H2,1-4H3,(H,14,15)/b10-7-/t9-/m1/s1. The number of nitrogens with one attached hydrogen (secondary N) is 1. The van der Waals surface area contributed by atoms with E-state index in [4.69, 9.17) is 4.74 Å². The van der Waals surface area contributed by atoms with Crippen molar-refractivity contribution >= 4 is 15.9 Å². The van der Waals surface area contributed by atoms with Crippen molar-refractivity contribution in [3.8, 4) is 0 Å². The van der Waals surface area contributed by atoms with Crippen LogP contribution in [-0.4, -0.2) is 32.4 Å². The molecule has 0 heterocycles. The molecule has 1 amide bonds. The van der Waals surface area contributed by atoms with Crippen LogP contribution in [0.25, 0.3) is 0 Å². The highest BCUT2D eigenvalue weighted by Gasteiger charge is 2.33. The maximum Gasteiger partial charge on any atom is 0.408 e. The number of rotatable bonds is 4. The van der Waals surface area contributed by atoms with E-state index in [0.29, 0.717) is 0 Å². The molecule has 1 saturated carbocycles. The van der Waals surface area contributed by atoms with E-state index in [-0.39, 0.29) is 5.92 Å². The molecule has 0 bridgehead atoms. The maximum absolute atomic E-state index is 13.4. The van der Waals surface area contributed by atoms with Crippen molar-refractivity contribution in [3.63, 3.8) is 0 Å². The monoisotopic (exact) mass is 293 g/mol. The summed E-state index contributed by atoms with van der Waals surface area (Å²) >= 11 is 0. The first kappa shape index (κ1) is 15.9. The minimum absolute atomic E-state index is 0.0695. The van der Waals surface area contributed by atoms with Crippen LogP contribution in [-0.2, 0) is 14.6 Å². The molecule has 1 atom stereocenters. The fourth-order valence-electron chi connectivity index (χ4n) is 1.46. The van der Waals surface area contributed by atoms with Gasteiger partial charge in [-0.25, -0.2) is 13.2 Å². The predicted octanol–water partition coefficient (Wildman–Crippen LogP) is 2.15. The summed E-state index contributed by atoms with van der Waals surface area (Å²) in [4.78, 5) is 11.6. The zero-order chi connectivity index (χ0) is 14.8. The Morgan fingerprint density at radius 1 is 1.42 bits per heavy atom. The van der Waals surface area contributed by atoms with Crippen molar-refractivity contribution in [2.75, 3.05) is 6.26 Å². The number of halogens is 1. The molecule has 0 aromatic rings. The number of hydrogen-bond acceptors (Lipinski definition) is 4. The molecule has 110 valence electrons. The van der Waals surface area contributed by atoms with Gasteiger partial charge in [-0.3, -0.25) is 0 Å². The van der Waals surface area contributed by atoms with Crippen LogP contribution in [0.3, 0.4) is 0 Å². The van der Waals surface area contributed by atoms with Crippen LogP contribution in [0.5, 0.6) is 0 Å². The van der Waals surface area contributed by atoms with Crippen LogP contribution >= 0.6 is 0 Å². The molecule has 5 nitrogen and oxygen atoms in total. The van der Waals surface area contributed by atoms with Gasteiger partial charge in [-0.1, -0.05) is 0 Å². The lowest BCUT2D eigenvalue weighted by molar-refractivity contribution is 0.0509. The SMILES string of the molecule is CC(C)(C)OC(=O)N[C@H](/C=C(/F)S(C)(=O)=O)C1CC1. The topological polar surface area (TPSA) is 72.5 Å². The fraction of sp³-hybridized carbons (Fsp3) is 0.750. The van der Waals surface area contributed by atoms with E-state index in [2.05, 4.69) is 5.32 Å². The van der Waals surface area contributed by atoms with Crippen molar-refractivity contribution in [1.29, 1.82) is 0 Å². The van der Waals surface area contributed by atoms with Gasteiger partial charge in [0.2, 0.25) is 15.0 Å². The molecule has 0 radical (unpaired) electrons. The van der Waals surface area contributed by atoms with Gasteiger partial charge < -0.3 is 10.1 Å². The molecule has 0 aliphatic heterocycles. The van der Waals surface area contributed by atoms with Gasteiger partial charge in [-0.2, -0.15) is 4.39 Å². The largest absolute Gasteiger partial charge is 0.444 e. The zero-order valence-electron chi connectivity index (χ0n) is 11.6. The van der Waals surface area contributed by atoms with Crippen molar-refractivity contribution < 1.29 is 22.3 Å². The number of ether oxygens (including phenoxy) is 1. The number of sulfone groups is 1. The number of hydrogen-bond donors (Lipinski definition) is 1. The third-order valence-corrected chi connectivity index (χ3v) is 3.32.